The maximum absolute atomic E-state index is 12.0. The number of methoxy groups -OCH3 is 1. The average molecular weight is 393 g/mol. The van der Waals surface area contributed by atoms with Crippen molar-refractivity contribution in [1.82, 2.24) is 4.90 Å². The maximum atomic E-state index is 12.0. The number of hydrogen-bond donors (Lipinski definition) is 0. The van der Waals surface area contributed by atoms with Crippen LogP contribution >= 0.6 is 0 Å². The van der Waals surface area contributed by atoms with Gasteiger partial charge in [-0.25, -0.2) is 4.79 Å². The maximum Gasteiger partial charge on any atom is 0.336 e. The first-order chi connectivity index (χ1) is 14.0. The lowest BCUT2D eigenvalue weighted by Crippen LogP contribution is -2.32. The lowest BCUT2D eigenvalue weighted by Gasteiger charge is -2.31. The third kappa shape index (κ3) is 4.03. The molecular formula is C23H23NO5. The van der Waals surface area contributed by atoms with Gasteiger partial charge in [0.15, 0.2) is 0 Å². The first kappa shape index (κ1) is 19.2. The molecule has 0 N–H and O–H groups in total. The van der Waals surface area contributed by atoms with Gasteiger partial charge in [0, 0.05) is 31.0 Å². The van der Waals surface area contributed by atoms with Gasteiger partial charge in [-0.1, -0.05) is 30.3 Å². The standard InChI is InChI=1S/C23H23NO5/c1-15-10-21(26)29-23-18(15)11-17(8-9-20(25)27-2)22-19(23)13-24(14-28-22)12-16-6-4-3-5-7-16/h3-7,10-11H,8-9,12-14H2,1-2H3. The highest BCUT2D eigenvalue weighted by Crippen LogP contribution is 2.37. The van der Waals surface area contributed by atoms with Gasteiger partial charge in [-0.3, -0.25) is 9.69 Å². The molecule has 0 aliphatic carbocycles. The third-order valence-corrected chi connectivity index (χ3v) is 5.21. The summed E-state index contributed by atoms with van der Waals surface area (Å²) in [7, 11) is 1.38. The summed E-state index contributed by atoms with van der Waals surface area (Å²) in [6, 6.07) is 13.6. The molecule has 1 aliphatic rings. The van der Waals surface area contributed by atoms with Gasteiger partial charge >= 0.3 is 11.6 Å². The van der Waals surface area contributed by atoms with Crippen LogP contribution < -0.4 is 10.4 Å². The van der Waals surface area contributed by atoms with E-state index in [9.17, 15) is 9.59 Å². The Kier molecular flexibility index (Phi) is 5.36. The molecule has 0 radical (unpaired) electrons. The predicted octanol–water partition coefficient (Wildman–Crippen LogP) is 3.56. The van der Waals surface area contributed by atoms with Crippen molar-refractivity contribution in [1.29, 1.82) is 0 Å². The van der Waals surface area contributed by atoms with Crippen molar-refractivity contribution in [3.05, 3.63) is 75.1 Å². The number of carbonyl (C=O) groups is 1. The number of hydrogen-bond acceptors (Lipinski definition) is 6. The summed E-state index contributed by atoms with van der Waals surface area (Å²) in [4.78, 5) is 25.8. The lowest BCUT2D eigenvalue weighted by molar-refractivity contribution is -0.140. The molecule has 0 amide bonds. The summed E-state index contributed by atoms with van der Waals surface area (Å²) in [5.74, 6) is 0.441. The van der Waals surface area contributed by atoms with Gasteiger partial charge in [-0.15, -0.1) is 0 Å². The van der Waals surface area contributed by atoms with E-state index in [0.29, 0.717) is 31.0 Å². The van der Waals surface area contributed by atoms with E-state index in [4.69, 9.17) is 13.9 Å². The molecule has 0 bridgehead atoms. The number of carbonyl (C=O) groups excluding carboxylic acids is 1. The second-order valence-electron chi connectivity index (χ2n) is 7.29. The molecule has 4 rings (SSSR count). The smallest absolute Gasteiger partial charge is 0.336 e. The zero-order chi connectivity index (χ0) is 20.4. The van der Waals surface area contributed by atoms with E-state index < -0.39 is 0 Å². The van der Waals surface area contributed by atoms with Gasteiger partial charge in [0.25, 0.3) is 0 Å². The van der Waals surface area contributed by atoms with Crippen molar-refractivity contribution in [3.63, 3.8) is 0 Å². The van der Waals surface area contributed by atoms with Crippen LogP contribution in [0, 0.1) is 6.92 Å². The molecule has 29 heavy (non-hydrogen) atoms. The second kappa shape index (κ2) is 8.09. The van der Waals surface area contributed by atoms with Crippen molar-refractivity contribution in [3.8, 4) is 5.75 Å². The summed E-state index contributed by atoms with van der Waals surface area (Å²) in [5, 5.41) is 0.869. The molecule has 2 heterocycles. The number of nitrogens with zero attached hydrogens (tertiary/aromatic N) is 1. The number of aryl methyl sites for hydroxylation is 2. The van der Waals surface area contributed by atoms with Gasteiger partial charge in [-0.2, -0.15) is 0 Å². The zero-order valence-electron chi connectivity index (χ0n) is 16.6. The molecule has 2 aromatic carbocycles. The first-order valence-corrected chi connectivity index (χ1v) is 9.60. The van der Waals surface area contributed by atoms with Crippen molar-refractivity contribution < 1.29 is 18.7 Å². The van der Waals surface area contributed by atoms with Gasteiger partial charge in [-0.05, 0) is 36.1 Å². The quantitative estimate of drug-likeness (QED) is 0.488. The largest absolute Gasteiger partial charge is 0.477 e. The molecule has 0 fully saturated rings. The molecule has 150 valence electrons. The van der Waals surface area contributed by atoms with Gasteiger partial charge in [0.2, 0.25) is 0 Å². The molecule has 1 aromatic heterocycles. The molecular weight excluding hydrogens is 370 g/mol. The fraction of sp³-hybridized carbons (Fsp3) is 0.304. The summed E-state index contributed by atoms with van der Waals surface area (Å²) in [5.41, 5.74) is 3.99. The highest BCUT2D eigenvalue weighted by Gasteiger charge is 2.25. The van der Waals surface area contributed by atoms with E-state index in [0.717, 1.165) is 28.6 Å². The first-order valence-electron chi connectivity index (χ1n) is 9.60. The number of esters is 1. The number of benzene rings is 2. The summed E-state index contributed by atoms with van der Waals surface area (Å²) in [6.45, 7) is 3.64. The monoisotopic (exact) mass is 393 g/mol. The molecule has 0 saturated carbocycles. The highest BCUT2D eigenvalue weighted by atomic mass is 16.5. The van der Waals surface area contributed by atoms with Crippen LogP contribution in [0.3, 0.4) is 0 Å². The number of rotatable bonds is 5. The molecule has 6 heteroatoms. The van der Waals surface area contributed by atoms with Crippen molar-refractivity contribution in [2.45, 2.75) is 32.9 Å². The zero-order valence-corrected chi connectivity index (χ0v) is 16.6. The highest BCUT2D eigenvalue weighted by molar-refractivity contribution is 5.86. The Morgan fingerprint density at radius 2 is 2.00 bits per heavy atom. The van der Waals surface area contributed by atoms with Gasteiger partial charge < -0.3 is 13.9 Å². The van der Waals surface area contributed by atoms with Crippen molar-refractivity contribution >= 4 is 16.9 Å². The van der Waals surface area contributed by atoms with Gasteiger partial charge in [0.05, 0.1) is 12.7 Å². The van der Waals surface area contributed by atoms with E-state index in [-0.39, 0.29) is 18.0 Å². The SMILES string of the molecule is COC(=O)CCc1cc2c(C)cc(=O)oc2c2c1OCN(Cc1ccccc1)C2. The normalized spacial score (nSPS) is 13.7. The summed E-state index contributed by atoms with van der Waals surface area (Å²) >= 11 is 0. The van der Waals surface area contributed by atoms with E-state index >= 15 is 0 Å². The van der Waals surface area contributed by atoms with Crippen LogP contribution in [-0.2, 0) is 29.0 Å². The molecule has 0 atom stereocenters. The van der Waals surface area contributed by atoms with E-state index in [2.05, 4.69) is 17.0 Å². The fourth-order valence-corrected chi connectivity index (χ4v) is 3.78. The van der Waals surface area contributed by atoms with E-state index in [1.165, 1.54) is 18.7 Å². The molecule has 0 spiro atoms. The Morgan fingerprint density at radius 1 is 1.21 bits per heavy atom. The average Bonchev–Trinajstić information content (AvgIpc) is 2.73. The lowest BCUT2D eigenvalue weighted by atomic mass is 9.97. The van der Waals surface area contributed by atoms with Crippen LogP contribution in [-0.4, -0.2) is 24.7 Å². The molecule has 0 saturated heterocycles. The molecule has 3 aromatic rings. The minimum Gasteiger partial charge on any atom is -0.477 e. The van der Waals surface area contributed by atoms with Crippen LogP contribution in [0.15, 0.2) is 51.7 Å². The van der Waals surface area contributed by atoms with Crippen LogP contribution in [0.25, 0.3) is 11.0 Å². The topological polar surface area (TPSA) is 69.0 Å². The van der Waals surface area contributed by atoms with Crippen molar-refractivity contribution in [2.24, 2.45) is 0 Å². The van der Waals surface area contributed by atoms with E-state index in [1.807, 2.05) is 31.2 Å². The Hall–Kier alpha value is -3.12. The Bertz CT molecular complexity index is 1100. The van der Waals surface area contributed by atoms with Crippen LogP contribution in [0.4, 0.5) is 0 Å². The Morgan fingerprint density at radius 3 is 2.76 bits per heavy atom. The second-order valence-corrected chi connectivity index (χ2v) is 7.29. The molecule has 1 aliphatic heterocycles. The fourth-order valence-electron chi connectivity index (χ4n) is 3.78. The van der Waals surface area contributed by atoms with Crippen LogP contribution in [0.1, 0.15) is 28.7 Å². The molecule has 6 nitrogen and oxygen atoms in total. The van der Waals surface area contributed by atoms with Crippen LogP contribution in [0.5, 0.6) is 5.75 Å². The van der Waals surface area contributed by atoms with E-state index in [1.54, 1.807) is 0 Å². The van der Waals surface area contributed by atoms with Crippen molar-refractivity contribution in [2.75, 3.05) is 13.8 Å². The minimum atomic E-state index is -0.375. The Balaban J connectivity index is 1.74. The minimum absolute atomic E-state index is 0.265. The van der Waals surface area contributed by atoms with Gasteiger partial charge in [0.1, 0.15) is 18.1 Å². The third-order valence-electron chi connectivity index (χ3n) is 5.21. The summed E-state index contributed by atoms with van der Waals surface area (Å²) in [6.07, 6.45) is 0.767. The number of fused-ring (bicyclic) bond motifs is 3. The predicted molar refractivity (Wildman–Crippen MR) is 109 cm³/mol. The van der Waals surface area contributed by atoms with Crippen LogP contribution in [0.2, 0.25) is 0 Å². The summed E-state index contributed by atoms with van der Waals surface area (Å²) < 4.78 is 16.5. The number of ether oxygens (including phenoxy) is 2. The molecule has 0 unspecified atom stereocenters. The Labute approximate surface area is 168 Å².